The van der Waals surface area contributed by atoms with Crippen LogP contribution in [0.3, 0.4) is 0 Å². The second-order valence-corrected chi connectivity index (χ2v) is 6.74. The van der Waals surface area contributed by atoms with E-state index in [0.29, 0.717) is 10.8 Å². The maximum atomic E-state index is 13.5. The van der Waals surface area contributed by atoms with Gasteiger partial charge in [0, 0.05) is 10.9 Å². The predicted molar refractivity (Wildman–Crippen MR) is 93.7 cm³/mol. The van der Waals surface area contributed by atoms with Gasteiger partial charge in [0.2, 0.25) is 0 Å². The van der Waals surface area contributed by atoms with E-state index in [9.17, 15) is 9.18 Å². The molecule has 0 aliphatic rings. The Bertz CT molecular complexity index is 936. The van der Waals surface area contributed by atoms with Gasteiger partial charge in [0.05, 0.1) is 21.3 Å². The van der Waals surface area contributed by atoms with Gasteiger partial charge in [-0.3, -0.25) is 10.1 Å². The van der Waals surface area contributed by atoms with Crippen molar-refractivity contribution >= 4 is 45.6 Å². The van der Waals surface area contributed by atoms with Crippen molar-refractivity contribution < 1.29 is 13.6 Å². The van der Waals surface area contributed by atoms with Gasteiger partial charge in [-0.2, -0.15) is 0 Å². The molecule has 0 bridgehead atoms. The van der Waals surface area contributed by atoms with E-state index < -0.39 is 11.7 Å². The summed E-state index contributed by atoms with van der Waals surface area (Å²) in [6, 6.07) is 4.07. The molecule has 1 amide bonds. The largest absolute Gasteiger partial charge is 0.466 e. The predicted octanol–water partition coefficient (Wildman–Crippen LogP) is 5.72. The van der Waals surface area contributed by atoms with Gasteiger partial charge in [-0.25, -0.2) is 9.37 Å². The lowest BCUT2D eigenvalue weighted by atomic mass is 10.2. The van der Waals surface area contributed by atoms with Crippen LogP contribution >= 0.6 is 34.5 Å². The highest BCUT2D eigenvalue weighted by Gasteiger charge is 2.17. The number of hydrogen-bond donors (Lipinski definition) is 1. The molecule has 2 heterocycles. The topological polar surface area (TPSA) is 55.1 Å². The number of furan rings is 1. The fourth-order valence-electron chi connectivity index (χ4n) is 2.20. The van der Waals surface area contributed by atoms with E-state index in [2.05, 4.69) is 10.3 Å². The van der Waals surface area contributed by atoms with Gasteiger partial charge in [-0.1, -0.05) is 23.2 Å². The summed E-state index contributed by atoms with van der Waals surface area (Å²) in [5.41, 5.74) is 1.54. The number of carbonyl (C=O) groups excluding carboxylic acids is 1. The number of aromatic nitrogens is 1. The Morgan fingerprint density at radius 1 is 1.25 bits per heavy atom. The van der Waals surface area contributed by atoms with Crippen LogP contribution in [0.5, 0.6) is 0 Å². The smallest absolute Gasteiger partial charge is 0.259 e. The average Bonchev–Trinajstić information content (AvgIpc) is 3.09. The highest BCUT2D eigenvalue weighted by molar-refractivity contribution is 7.14. The SMILES string of the molecule is Cc1cc(-c2csc(NC(=O)c3cc(F)c(Cl)cc3Cl)n2)c(C)o1. The number of rotatable bonds is 3. The summed E-state index contributed by atoms with van der Waals surface area (Å²) in [5.74, 6) is 0.259. The molecule has 3 rings (SSSR count). The minimum absolute atomic E-state index is 0.00865. The van der Waals surface area contributed by atoms with Crippen molar-refractivity contribution in [2.75, 3.05) is 5.32 Å². The third kappa shape index (κ3) is 3.31. The summed E-state index contributed by atoms with van der Waals surface area (Å²) in [6.07, 6.45) is 0. The van der Waals surface area contributed by atoms with Crippen molar-refractivity contribution in [2.45, 2.75) is 13.8 Å². The number of carbonyl (C=O) groups is 1. The Labute approximate surface area is 151 Å². The molecule has 8 heteroatoms. The average molecular weight is 385 g/mol. The van der Waals surface area contributed by atoms with Crippen LogP contribution in [0.1, 0.15) is 21.9 Å². The zero-order valence-corrected chi connectivity index (χ0v) is 14.9. The first kappa shape index (κ1) is 17.0. The first-order chi connectivity index (χ1) is 11.3. The van der Waals surface area contributed by atoms with E-state index in [1.807, 2.05) is 19.9 Å². The first-order valence-electron chi connectivity index (χ1n) is 6.84. The second kappa shape index (κ2) is 6.55. The number of hydrogen-bond acceptors (Lipinski definition) is 4. The summed E-state index contributed by atoms with van der Waals surface area (Å²) < 4.78 is 19.0. The number of thiazole rings is 1. The summed E-state index contributed by atoms with van der Waals surface area (Å²) in [7, 11) is 0. The Morgan fingerprint density at radius 2 is 2.00 bits per heavy atom. The van der Waals surface area contributed by atoms with Gasteiger partial charge >= 0.3 is 0 Å². The lowest BCUT2D eigenvalue weighted by Gasteiger charge is -2.05. The molecule has 0 saturated carbocycles. The summed E-state index contributed by atoms with van der Waals surface area (Å²) in [6.45, 7) is 3.69. The minimum atomic E-state index is -0.712. The molecule has 0 fully saturated rings. The summed E-state index contributed by atoms with van der Waals surface area (Å²) in [4.78, 5) is 16.6. The monoisotopic (exact) mass is 384 g/mol. The molecule has 124 valence electrons. The molecule has 3 aromatic rings. The van der Waals surface area contributed by atoms with Gasteiger partial charge in [-0.15, -0.1) is 11.3 Å². The Balaban J connectivity index is 1.84. The maximum Gasteiger partial charge on any atom is 0.259 e. The Morgan fingerprint density at radius 3 is 2.67 bits per heavy atom. The van der Waals surface area contributed by atoms with Crippen LogP contribution in [-0.2, 0) is 0 Å². The van der Waals surface area contributed by atoms with E-state index in [1.165, 1.54) is 17.4 Å². The molecule has 4 nitrogen and oxygen atoms in total. The van der Waals surface area contributed by atoms with Gasteiger partial charge in [0.1, 0.15) is 17.3 Å². The summed E-state index contributed by atoms with van der Waals surface area (Å²) >= 11 is 12.8. The van der Waals surface area contributed by atoms with Crippen LogP contribution in [0.15, 0.2) is 28.0 Å². The van der Waals surface area contributed by atoms with Crippen LogP contribution in [0.2, 0.25) is 10.0 Å². The van der Waals surface area contributed by atoms with Gasteiger partial charge in [0.15, 0.2) is 5.13 Å². The van der Waals surface area contributed by atoms with Gasteiger partial charge in [0.25, 0.3) is 5.91 Å². The van der Waals surface area contributed by atoms with E-state index in [4.69, 9.17) is 27.6 Å². The van der Waals surface area contributed by atoms with Crippen LogP contribution in [0.4, 0.5) is 9.52 Å². The van der Waals surface area contributed by atoms with Gasteiger partial charge in [-0.05, 0) is 32.0 Å². The lowest BCUT2D eigenvalue weighted by molar-refractivity contribution is 0.102. The van der Waals surface area contributed by atoms with Gasteiger partial charge < -0.3 is 4.42 Å². The third-order valence-electron chi connectivity index (χ3n) is 3.30. The minimum Gasteiger partial charge on any atom is -0.466 e. The van der Waals surface area contributed by atoms with Crippen LogP contribution in [0.25, 0.3) is 11.3 Å². The molecule has 2 aromatic heterocycles. The third-order valence-corrected chi connectivity index (χ3v) is 4.66. The normalized spacial score (nSPS) is 10.9. The number of anilines is 1. The maximum absolute atomic E-state index is 13.5. The number of halogens is 3. The van der Waals surface area contributed by atoms with Crippen molar-refractivity contribution in [3.8, 4) is 11.3 Å². The molecular weight excluding hydrogens is 374 g/mol. The van der Waals surface area contributed by atoms with Crippen molar-refractivity contribution in [3.63, 3.8) is 0 Å². The zero-order chi connectivity index (χ0) is 17.4. The van der Waals surface area contributed by atoms with Crippen molar-refractivity contribution in [2.24, 2.45) is 0 Å². The number of nitrogens with one attached hydrogen (secondary N) is 1. The molecule has 1 aromatic carbocycles. The van der Waals surface area contributed by atoms with Crippen molar-refractivity contribution in [1.82, 2.24) is 4.98 Å². The Kier molecular flexibility index (Phi) is 4.62. The highest BCUT2D eigenvalue weighted by atomic mass is 35.5. The van der Waals surface area contributed by atoms with Crippen LogP contribution in [0, 0.1) is 19.7 Å². The molecule has 24 heavy (non-hydrogen) atoms. The first-order valence-corrected chi connectivity index (χ1v) is 8.47. The van der Waals surface area contributed by atoms with E-state index in [0.717, 1.165) is 23.2 Å². The number of aryl methyl sites for hydroxylation is 2. The molecule has 0 unspecified atom stereocenters. The molecule has 0 saturated heterocycles. The number of amides is 1. The fraction of sp³-hybridized carbons (Fsp3) is 0.125. The second-order valence-electron chi connectivity index (χ2n) is 5.07. The molecular formula is C16H11Cl2FN2O2S. The molecule has 0 spiro atoms. The lowest BCUT2D eigenvalue weighted by Crippen LogP contribution is -2.12. The highest BCUT2D eigenvalue weighted by Crippen LogP contribution is 2.30. The quantitative estimate of drug-likeness (QED) is 0.587. The standard InChI is InChI=1S/C16H11Cl2FN2O2S/c1-7-3-9(8(2)23-7)14-6-24-16(20-14)21-15(22)10-4-13(19)12(18)5-11(10)17/h3-6H,1-2H3,(H,20,21,22). The number of nitrogens with zero attached hydrogens (tertiary/aromatic N) is 1. The van der Waals surface area contributed by atoms with E-state index in [1.54, 1.807) is 5.38 Å². The molecule has 0 radical (unpaired) electrons. The Hall–Kier alpha value is -1.89. The van der Waals surface area contributed by atoms with Crippen LogP contribution in [-0.4, -0.2) is 10.9 Å². The molecule has 1 N–H and O–H groups in total. The molecule has 0 aliphatic heterocycles. The van der Waals surface area contributed by atoms with E-state index >= 15 is 0 Å². The van der Waals surface area contributed by atoms with E-state index in [-0.39, 0.29) is 15.6 Å². The van der Waals surface area contributed by atoms with Crippen molar-refractivity contribution in [1.29, 1.82) is 0 Å². The molecule has 0 atom stereocenters. The number of benzene rings is 1. The van der Waals surface area contributed by atoms with Crippen molar-refractivity contribution in [3.05, 3.63) is 56.5 Å². The molecule has 0 aliphatic carbocycles. The zero-order valence-electron chi connectivity index (χ0n) is 12.6. The summed E-state index contributed by atoms with van der Waals surface area (Å²) in [5, 5.41) is 4.71. The fourth-order valence-corrected chi connectivity index (χ4v) is 3.38. The van der Waals surface area contributed by atoms with Crippen LogP contribution < -0.4 is 5.32 Å².